The third-order valence-electron chi connectivity index (χ3n) is 4.00. The molecule has 3 heteroatoms. The normalized spacial score (nSPS) is 10.9. The van der Waals surface area contributed by atoms with Crippen LogP contribution in [0, 0.1) is 6.92 Å². The molecule has 0 saturated heterocycles. The SMILES string of the molecule is CCCCc1c(-c2ccc(Cl)cc2)noc1-c1ccc(C)cc1. The summed E-state index contributed by atoms with van der Waals surface area (Å²) in [5.41, 5.74) is 5.46. The van der Waals surface area contributed by atoms with Gasteiger partial charge in [0.15, 0.2) is 5.76 Å². The van der Waals surface area contributed by atoms with E-state index in [0.717, 1.165) is 46.9 Å². The van der Waals surface area contributed by atoms with Gasteiger partial charge in [-0.05, 0) is 31.9 Å². The Balaban J connectivity index is 2.06. The lowest BCUT2D eigenvalue weighted by Crippen LogP contribution is -1.90. The molecule has 0 aliphatic carbocycles. The number of benzene rings is 2. The van der Waals surface area contributed by atoms with Crippen molar-refractivity contribution < 1.29 is 4.52 Å². The van der Waals surface area contributed by atoms with Gasteiger partial charge in [0.2, 0.25) is 0 Å². The van der Waals surface area contributed by atoms with Crippen LogP contribution in [-0.2, 0) is 6.42 Å². The maximum absolute atomic E-state index is 5.99. The van der Waals surface area contributed by atoms with E-state index in [4.69, 9.17) is 16.1 Å². The molecular formula is C20H20ClNO. The molecule has 3 aromatic rings. The van der Waals surface area contributed by atoms with Gasteiger partial charge in [-0.3, -0.25) is 0 Å². The van der Waals surface area contributed by atoms with Crippen LogP contribution in [0.5, 0.6) is 0 Å². The second kappa shape index (κ2) is 7.01. The van der Waals surface area contributed by atoms with Gasteiger partial charge in [0.1, 0.15) is 5.69 Å². The van der Waals surface area contributed by atoms with Crippen molar-refractivity contribution in [3.63, 3.8) is 0 Å². The van der Waals surface area contributed by atoms with E-state index in [9.17, 15) is 0 Å². The molecule has 2 nitrogen and oxygen atoms in total. The second-order valence-corrected chi connectivity index (χ2v) is 6.25. The van der Waals surface area contributed by atoms with Crippen molar-refractivity contribution in [2.45, 2.75) is 33.1 Å². The summed E-state index contributed by atoms with van der Waals surface area (Å²) in [7, 11) is 0. The van der Waals surface area contributed by atoms with E-state index in [0.29, 0.717) is 0 Å². The van der Waals surface area contributed by atoms with E-state index in [1.807, 2.05) is 24.3 Å². The van der Waals surface area contributed by atoms with Crippen LogP contribution in [0.15, 0.2) is 53.1 Å². The number of hydrogen-bond donors (Lipinski definition) is 0. The first-order valence-corrected chi connectivity index (χ1v) is 8.38. The summed E-state index contributed by atoms with van der Waals surface area (Å²) in [6.07, 6.45) is 3.21. The Labute approximate surface area is 142 Å². The predicted molar refractivity (Wildman–Crippen MR) is 95.7 cm³/mol. The molecule has 0 aliphatic rings. The molecule has 3 rings (SSSR count). The van der Waals surface area contributed by atoms with E-state index in [1.54, 1.807) is 0 Å². The molecule has 0 amide bonds. The molecule has 2 aromatic carbocycles. The Morgan fingerprint density at radius 2 is 1.61 bits per heavy atom. The van der Waals surface area contributed by atoms with Crippen molar-refractivity contribution in [2.75, 3.05) is 0 Å². The molecule has 0 spiro atoms. The van der Waals surface area contributed by atoms with Gasteiger partial charge in [0.25, 0.3) is 0 Å². The number of aromatic nitrogens is 1. The zero-order valence-electron chi connectivity index (χ0n) is 13.5. The highest BCUT2D eigenvalue weighted by molar-refractivity contribution is 6.30. The minimum Gasteiger partial charge on any atom is -0.355 e. The van der Waals surface area contributed by atoms with Gasteiger partial charge >= 0.3 is 0 Å². The first-order valence-electron chi connectivity index (χ1n) is 8.00. The molecule has 0 saturated carbocycles. The van der Waals surface area contributed by atoms with Crippen LogP contribution < -0.4 is 0 Å². The zero-order chi connectivity index (χ0) is 16.2. The molecule has 0 unspecified atom stereocenters. The quantitative estimate of drug-likeness (QED) is 0.549. The average Bonchev–Trinajstić information content (AvgIpc) is 2.98. The van der Waals surface area contributed by atoms with Crippen molar-refractivity contribution in [3.8, 4) is 22.6 Å². The van der Waals surface area contributed by atoms with E-state index in [-0.39, 0.29) is 0 Å². The first-order chi connectivity index (χ1) is 11.2. The van der Waals surface area contributed by atoms with Crippen LogP contribution >= 0.6 is 11.6 Å². The lowest BCUT2D eigenvalue weighted by molar-refractivity contribution is 0.434. The van der Waals surface area contributed by atoms with Crippen molar-refractivity contribution in [2.24, 2.45) is 0 Å². The van der Waals surface area contributed by atoms with E-state index >= 15 is 0 Å². The van der Waals surface area contributed by atoms with Crippen molar-refractivity contribution in [1.29, 1.82) is 0 Å². The Morgan fingerprint density at radius 1 is 0.957 bits per heavy atom. The maximum atomic E-state index is 5.99. The molecule has 0 bridgehead atoms. The molecular weight excluding hydrogens is 306 g/mol. The lowest BCUT2D eigenvalue weighted by Gasteiger charge is -2.05. The fourth-order valence-corrected chi connectivity index (χ4v) is 2.79. The highest BCUT2D eigenvalue weighted by Gasteiger charge is 2.18. The fourth-order valence-electron chi connectivity index (χ4n) is 2.66. The van der Waals surface area contributed by atoms with Gasteiger partial charge in [-0.15, -0.1) is 0 Å². The van der Waals surface area contributed by atoms with Crippen molar-refractivity contribution >= 4 is 11.6 Å². The molecule has 0 fully saturated rings. The topological polar surface area (TPSA) is 26.0 Å². The predicted octanol–water partition coefficient (Wildman–Crippen LogP) is 6.31. The van der Waals surface area contributed by atoms with Gasteiger partial charge in [0, 0.05) is 21.7 Å². The third-order valence-corrected chi connectivity index (χ3v) is 4.25. The fraction of sp³-hybridized carbons (Fsp3) is 0.250. The molecule has 1 aromatic heterocycles. The van der Waals surface area contributed by atoms with Gasteiger partial charge in [-0.2, -0.15) is 0 Å². The Morgan fingerprint density at radius 3 is 2.26 bits per heavy atom. The molecule has 23 heavy (non-hydrogen) atoms. The molecule has 118 valence electrons. The van der Waals surface area contributed by atoms with Crippen LogP contribution in [0.2, 0.25) is 5.02 Å². The minimum atomic E-state index is 0.728. The highest BCUT2D eigenvalue weighted by atomic mass is 35.5. The standard InChI is InChI=1S/C20H20ClNO/c1-3-4-5-18-19(15-10-12-17(21)13-11-15)22-23-20(18)16-8-6-14(2)7-9-16/h6-13H,3-5H2,1-2H3. The Bertz CT molecular complexity index is 709. The van der Waals surface area contributed by atoms with Crippen LogP contribution in [-0.4, -0.2) is 5.16 Å². The maximum Gasteiger partial charge on any atom is 0.170 e. The highest BCUT2D eigenvalue weighted by Crippen LogP contribution is 2.34. The summed E-state index contributed by atoms with van der Waals surface area (Å²) >= 11 is 5.99. The second-order valence-electron chi connectivity index (χ2n) is 5.82. The third kappa shape index (κ3) is 3.48. The minimum absolute atomic E-state index is 0.728. The largest absolute Gasteiger partial charge is 0.355 e. The van der Waals surface area contributed by atoms with Gasteiger partial charge in [0.05, 0.1) is 0 Å². The summed E-state index contributed by atoms with van der Waals surface area (Å²) in [4.78, 5) is 0. The summed E-state index contributed by atoms with van der Waals surface area (Å²) in [5.74, 6) is 0.878. The Kier molecular flexibility index (Phi) is 4.82. The number of hydrogen-bond acceptors (Lipinski definition) is 2. The number of rotatable bonds is 5. The zero-order valence-corrected chi connectivity index (χ0v) is 14.2. The summed E-state index contributed by atoms with van der Waals surface area (Å²) in [6.45, 7) is 4.28. The van der Waals surface area contributed by atoms with E-state index in [1.165, 1.54) is 11.1 Å². The number of halogens is 1. The van der Waals surface area contributed by atoms with Crippen LogP contribution in [0.1, 0.15) is 30.9 Å². The smallest absolute Gasteiger partial charge is 0.170 e. The van der Waals surface area contributed by atoms with Crippen LogP contribution in [0.25, 0.3) is 22.6 Å². The van der Waals surface area contributed by atoms with Crippen LogP contribution in [0.3, 0.4) is 0 Å². The summed E-state index contributed by atoms with van der Waals surface area (Å²) < 4.78 is 5.72. The van der Waals surface area contributed by atoms with Gasteiger partial charge in [-0.1, -0.05) is 72.1 Å². The first kappa shape index (κ1) is 15.8. The van der Waals surface area contributed by atoms with E-state index in [2.05, 4.69) is 43.3 Å². The number of aryl methyl sites for hydroxylation is 1. The lowest BCUT2D eigenvalue weighted by atomic mass is 9.98. The van der Waals surface area contributed by atoms with E-state index < -0.39 is 0 Å². The summed E-state index contributed by atoms with van der Waals surface area (Å²) in [6, 6.07) is 16.2. The van der Waals surface area contributed by atoms with Gasteiger partial charge < -0.3 is 4.52 Å². The number of unbranched alkanes of at least 4 members (excludes halogenated alkanes) is 1. The van der Waals surface area contributed by atoms with Crippen LogP contribution in [0.4, 0.5) is 0 Å². The molecule has 0 N–H and O–H groups in total. The average molecular weight is 326 g/mol. The van der Waals surface area contributed by atoms with Crippen molar-refractivity contribution in [1.82, 2.24) is 5.16 Å². The number of nitrogens with zero attached hydrogens (tertiary/aromatic N) is 1. The molecule has 0 aliphatic heterocycles. The molecule has 0 atom stereocenters. The van der Waals surface area contributed by atoms with Crippen molar-refractivity contribution in [3.05, 3.63) is 64.7 Å². The summed E-state index contributed by atoms with van der Waals surface area (Å²) in [5, 5.41) is 5.08. The monoisotopic (exact) mass is 325 g/mol. The van der Waals surface area contributed by atoms with Gasteiger partial charge in [-0.25, -0.2) is 0 Å². The Hall–Kier alpha value is -2.06. The molecule has 1 heterocycles. The molecule has 0 radical (unpaired) electrons.